The van der Waals surface area contributed by atoms with Crippen LogP contribution in [0, 0.1) is 13.8 Å². The number of carbonyl (C=O) groups is 1. The van der Waals surface area contributed by atoms with E-state index in [2.05, 4.69) is 15.3 Å². The van der Waals surface area contributed by atoms with Gasteiger partial charge in [-0.15, -0.1) is 0 Å². The molecule has 0 bridgehead atoms. The van der Waals surface area contributed by atoms with Crippen molar-refractivity contribution in [2.24, 2.45) is 0 Å². The summed E-state index contributed by atoms with van der Waals surface area (Å²) in [5.74, 6) is 1.52. The topological polar surface area (TPSA) is 64.1 Å². The fourth-order valence-electron chi connectivity index (χ4n) is 3.34. The molecule has 0 spiro atoms. The minimum absolute atomic E-state index is 0.0833. The molecule has 0 aliphatic heterocycles. The lowest BCUT2D eigenvalue weighted by Gasteiger charge is -2.15. The van der Waals surface area contributed by atoms with Gasteiger partial charge in [0.25, 0.3) is 5.91 Å². The molecular weight excluding hydrogens is 398 g/mol. The predicted molar refractivity (Wildman–Crippen MR) is 126 cm³/mol. The third kappa shape index (κ3) is 5.19. The molecule has 0 saturated carbocycles. The summed E-state index contributed by atoms with van der Waals surface area (Å²) < 4.78 is 5.88. The molecule has 0 saturated heterocycles. The first kappa shape index (κ1) is 21.2. The molecule has 160 valence electrons. The third-order valence-electron chi connectivity index (χ3n) is 5.17. The first-order valence-electron chi connectivity index (χ1n) is 10.5. The highest BCUT2D eigenvalue weighted by atomic mass is 16.5. The molecule has 1 atom stereocenters. The third-order valence-corrected chi connectivity index (χ3v) is 5.17. The summed E-state index contributed by atoms with van der Waals surface area (Å²) in [6.07, 6.45) is 1.67. The first-order chi connectivity index (χ1) is 15.5. The molecule has 1 amide bonds. The Morgan fingerprint density at radius 1 is 0.906 bits per heavy atom. The monoisotopic (exact) mass is 423 g/mol. The number of benzene rings is 3. The van der Waals surface area contributed by atoms with Crippen LogP contribution in [-0.2, 0) is 0 Å². The largest absolute Gasteiger partial charge is 0.439 e. The summed E-state index contributed by atoms with van der Waals surface area (Å²) in [4.78, 5) is 21.5. The predicted octanol–water partition coefficient (Wildman–Crippen LogP) is 6.04. The number of aromatic nitrogens is 2. The standard InChI is InChI=1S/C27H25N3O2/c1-18-7-9-21(10-8-18)20(3)29-27(31)22-11-13-24(14-12-22)32-25-15-16-28-26(30-25)23-6-4-5-19(2)17-23/h4-17,20H,1-3H3,(H,29,31)/t20-/m1/s1. The van der Waals surface area contributed by atoms with Crippen LogP contribution in [0.5, 0.6) is 11.6 Å². The van der Waals surface area contributed by atoms with Crippen LogP contribution in [0.15, 0.2) is 85.1 Å². The lowest BCUT2D eigenvalue weighted by Crippen LogP contribution is -2.26. The highest BCUT2D eigenvalue weighted by Gasteiger charge is 2.12. The van der Waals surface area contributed by atoms with Gasteiger partial charge in [-0.05, 0) is 56.7 Å². The molecule has 0 aliphatic carbocycles. The highest BCUT2D eigenvalue weighted by molar-refractivity contribution is 5.94. The number of hydrogen-bond acceptors (Lipinski definition) is 4. The Kier molecular flexibility index (Phi) is 6.26. The van der Waals surface area contributed by atoms with Crippen molar-refractivity contribution in [2.45, 2.75) is 26.8 Å². The van der Waals surface area contributed by atoms with Crippen LogP contribution < -0.4 is 10.1 Å². The van der Waals surface area contributed by atoms with Crippen LogP contribution in [0.3, 0.4) is 0 Å². The lowest BCUT2D eigenvalue weighted by molar-refractivity contribution is 0.0940. The normalized spacial score (nSPS) is 11.6. The SMILES string of the molecule is Cc1ccc([C@@H](C)NC(=O)c2ccc(Oc3ccnc(-c4cccc(C)c4)n3)cc2)cc1. The van der Waals surface area contributed by atoms with Gasteiger partial charge in [-0.3, -0.25) is 4.79 Å². The summed E-state index contributed by atoms with van der Waals surface area (Å²) in [6.45, 7) is 6.05. The van der Waals surface area contributed by atoms with Crippen LogP contribution in [-0.4, -0.2) is 15.9 Å². The van der Waals surface area contributed by atoms with Gasteiger partial charge in [0.1, 0.15) is 5.75 Å². The molecule has 0 fully saturated rings. The van der Waals surface area contributed by atoms with E-state index in [-0.39, 0.29) is 11.9 Å². The van der Waals surface area contributed by atoms with Gasteiger partial charge in [-0.2, -0.15) is 4.98 Å². The number of amides is 1. The van der Waals surface area contributed by atoms with Crippen molar-refractivity contribution in [3.8, 4) is 23.0 Å². The van der Waals surface area contributed by atoms with Crippen LogP contribution in [0.1, 0.15) is 40.0 Å². The van der Waals surface area contributed by atoms with Crippen molar-refractivity contribution in [3.05, 3.63) is 107 Å². The molecule has 5 heteroatoms. The fraction of sp³-hybridized carbons (Fsp3) is 0.148. The fourth-order valence-corrected chi connectivity index (χ4v) is 3.34. The summed E-state index contributed by atoms with van der Waals surface area (Å²) in [7, 11) is 0. The van der Waals surface area contributed by atoms with E-state index >= 15 is 0 Å². The van der Waals surface area contributed by atoms with Gasteiger partial charge < -0.3 is 10.1 Å². The van der Waals surface area contributed by atoms with E-state index in [1.807, 2.05) is 69.3 Å². The Balaban J connectivity index is 1.42. The zero-order chi connectivity index (χ0) is 22.5. The zero-order valence-electron chi connectivity index (χ0n) is 18.4. The average Bonchev–Trinajstić information content (AvgIpc) is 2.80. The van der Waals surface area contributed by atoms with E-state index in [0.29, 0.717) is 23.0 Å². The zero-order valence-corrected chi connectivity index (χ0v) is 18.4. The molecule has 0 aliphatic rings. The van der Waals surface area contributed by atoms with Crippen LogP contribution in [0.4, 0.5) is 0 Å². The summed E-state index contributed by atoms with van der Waals surface area (Å²) in [6, 6.07) is 24.8. The van der Waals surface area contributed by atoms with E-state index in [1.165, 1.54) is 5.56 Å². The molecule has 4 aromatic rings. The maximum Gasteiger partial charge on any atom is 0.251 e. The maximum atomic E-state index is 12.6. The molecule has 4 rings (SSSR count). The molecular formula is C27H25N3O2. The summed E-state index contributed by atoms with van der Waals surface area (Å²) in [5.41, 5.74) is 4.90. The van der Waals surface area contributed by atoms with Gasteiger partial charge in [0, 0.05) is 23.4 Å². The molecule has 1 N–H and O–H groups in total. The quantitative estimate of drug-likeness (QED) is 0.410. The van der Waals surface area contributed by atoms with E-state index in [0.717, 1.165) is 16.7 Å². The minimum atomic E-state index is -0.131. The van der Waals surface area contributed by atoms with Crippen LogP contribution in [0.25, 0.3) is 11.4 Å². The first-order valence-corrected chi connectivity index (χ1v) is 10.5. The van der Waals surface area contributed by atoms with Crippen LogP contribution in [0.2, 0.25) is 0 Å². The van der Waals surface area contributed by atoms with E-state index in [1.54, 1.807) is 36.5 Å². The molecule has 3 aromatic carbocycles. The second-order valence-corrected chi connectivity index (χ2v) is 7.82. The summed E-state index contributed by atoms with van der Waals surface area (Å²) >= 11 is 0. The summed E-state index contributed by atoms with van der Waals surface area (Å²) in [5, 5.41) is 3.03. The average molecular weight is 424 g/mol. The molecule has 32 heavy (non-hydrogen) atoms. The molecule has 0 radical (unpaired) electrons. The van der Waals surface area contributed by atoms with Gasteiger partial charge in [-0.1, -0.05) is 53.6 Å². The van der Waals surface area contributed by atoms with Crippen molar-refractivity contribution in [3.63, 3.8) is 0 Å². The van der Waals surface area contributed by atoms with Crippen molar-refractivity contribution in [2.75, 3.05) is 0 Å². The van der Waals surface area contributed by atoms with Crippen molar-refractivity contribution in [1.82, 2.24) is 15.3 Å². The number of nitrogens with zero attached hydrogens (tertiary/aromatic N) is 2. The van der Waals surface area contributed by atoms with Gasteiger partial charge in [0.2, 0.25) is 5.88 Å². The Bertz CT molecular complexity index is 1220. The molecule has 1 heterocycles. The Morgan fingerprint density at radius 2 is 1.66 bits per heavy atom. The number of carbonyl (C=O) groups excluding carboxylic acids is 1. The highest BCUT2D eigenvalue weighted by Crippen LogP contribution is 2.23. The lowest BCUT2D eigenvalue weighted by atomic mass is 10.1. The Labute approximate surface area is 188 Å². The second-order valence-electron chi connectivity index (χ2n) is 7.82. The minimum Gasteiger partial charge on any atom is -0.439 e. The van der Waals surface area contributed by atoms with Crippen molar-refractivity contribution >= 4 is 5.91 Å². The molecule has 5 nitrogen and oxygen atoms in total. The number of hydrogen-bond donors (Lipinski definition) is 1. The van der Waals surface area contributed by atoms with Gasteiger partial charge in [0.05, 0.1) is 6.04 Å². The Hall–Kier alpha value is -3.99. The number of aryl methyl sites for hydroxylation is 2. The molecule has 1 aromatic heterocycles. The van der Waals surface area contributed by atoms with E-state index < -0.39 is 0 Å². The van der Waals surface area contributed by atoms with Crippen molar-refractivity contribution < 1.29 is 9.53 Å². The van der Waals surface area contributed by atoms with Gasteiger partial charge >= 0.3 is 0 Å². The van der Waals surface area contributed by atoms with Gasteiger partial charge in [0.15, 0.2) is 5.82 Å². The van der Waals surface area contributed by atoms with E-state index in [4.69, 9.17) is 4.74 Å². The van der Waals surface area contributed by atoms with E-state index in [9.17, 15) is 4.79 Å². The molecule has 0 unspecified atom stereocenters. The van der Waals surface area contributed by atoms with Crippen molar-refractivity contribution in [1.29, 1.82) is 0 Å². The smallest absolute Gasteiger partial charge is 0.251 e. The van der Waals surface area contributed by atoms with Crippen LogP contribution >= 0.6 is 0 Å². The second kappa shape index (κ2) is 9.43. The number of ether oxygens (including phenoxy) is 1. The maximum absolute atomic E-state index is 12.6. The number of rotatable bonds is 6. The Morgan fingerprint density at radius 3 is 2.38 bits per heavy atom. The number of nitrogens with one attached hydrogen (secondary N) is 1. The van der Waals surface area contributed by atoms with Gasteiger partial charge in [-0.25, -0.2) is 4.98 Å².